The van der Waals surface area contributed by atoms with Gasteiger partial charge in [0.05, 0.1) is 26.9 Å². The standard InChI is InChI=1S/C32H31FN6O3/c1-21-35-31(27-6-5-17-34-30(27)37-24-11-16-29(42-4)28(33)18-24)38-32(36-21)39(19-22-7-12-25(40-2)13-8-22)20-23-9-14-26(41-3)15-10-23/h5-18H,19-20H2,1-4H3,(H,34,37). The zero-order valence-electron chi connectivity index (χ0n) is 23.8. The molecule has 0 aliphatic heterocycles. The van der Waals surface area contributed by atoms with E-state index in [4.69, 9.17) is 24.2 Å². The Labute approximate surface area is 244 Å². The predicted octanol–water partition coefficient (Wildman–Crippen LogP) is 6.36. The highest BCUT2D eigenvalue weighted by atomic mass is 19.1. The number of ether oxygens (including phenoxy) is 3. The molecular weight excluding hydrogens is 535 g/mol. The second-order valence-electron chi connectivity index (χ2n) is 9.43. The number of anilines is 3. The number of rotatable bonds is 11. The molecular formula is C32H31FN6O3. The molecule has 0 aliphatic carbocycles. The molecule has 0 radical (unpaired) electrons. The van der Waals surface area contributed by atoms with Crippen LogP contribution in [0.4, 0.5) is 21.8 Å². The molecule has 0 saturated heterocycles. The summed E-state index contributed by atoms with van der Waals surface area (Å²) >= 11 is 0. The number of hydrogen-bond donors (Lipinski definition) is 1. The molecule has 9 nitrogen and oxygen atoms in total. The minimum atomic E-state index is -0.481. The Morgan fingerprint density at radius 2 is 1.40 bits per heavy atom. The molecule has 0 atom stereocenters. The topological polar surface area (TPSA) is 94.5 Å². The van der Waals surface area contributed by atoms with E-state index in [1.165, 1.54) is 13.2 Å². The average molecular weight is 567 g/mol. The Morgan fingerprint density at radius 3 is 1.98 bits per heavy atom. The van der Waals surface area contributed by atoms with E-state index >= 15 is 0 Å². The van der Waals surface area contributed by atoms with Crippen molar-refractivity contribution in [1.82, 2.24) is 19.9 Å². The second-order valence-corrected chi connectivity index (χ2v) is 9.43. The molecule has 2 aromatic heterocycles. The monoisotopic (exact) mass is 566 g/mol. The summed E-state index contributed by atoms with van der Waals surface area (Å²) in [6, 6.07) is 24.1. The van der Waals surface area contributed by atoms with Crippen LogP contribution in [0.5, 0.6) is 17.2 Å². The van der Waals surface area contributed by atoms with Crippen molar-refractivity contribution < 1.29 is 18.6 Å². The van der Waals surface area contributed by atoms with Crippen molar-refractivity contribution in [3.63, 3.8) is 0 Å². The first kappa shape index (κ1) is 28.3. The molecule has 42 heavy (non-hydrogen) atoms. The number of aryl methyl sites for hydroxylation is 1. The zero-order chi connectivity index (χ0) is 29.5. The molecule has 0 fully saturated rings. The van der Waals surface area contributed by atoms with E-state index in [0.29, 0.717) is 47.8 Å². The number of nitrogens with zero attached hydrogens (tertiary/aromatic N) is 5. The van der Waals surface area contributed by atoms with Gasteiger partial charge in [-0.05, 0) is 66.6 Å². The average Bonchev–Trinajstić information content (AvgIpc) is 3.01. The summed E-state index contributed by atoms with van der Waals surface area (Å²) in [4.78, 5) is 20.8. The van der Waals surface area contributed by atoms with Crippen molar-refractivity contribution >= 4 is 17.5 Å². The Balaban J connectivity index is 1.50. The van der Waals surface area contributed by atoms with Gasteiger partial charge in [0.15, 0.2) is 17.4 Å². The van der Waals surface area contributed by atoms with E-state index in [-0.39, 0.29) is 5.75 Å². The van der Waals surface area contributed by atoms with E-state index in [9.17, 15) is 4.39 Å². The van der Waals surface area contributed by atoms with Crippen molar-refractivity contribution in [3.8, 4) is 28.6 Å². The second kappa shape index (κ2) is 12.9. The highest BCUT2D eigenvalue weighted by Gasteiger charge is 2.18. The summed E-state index contributed by atoms with van der Waals surface area (Å²) in [5.41, 5.74) is 3.29. The highest BCUT2D eigenvalue weighted by molar-refractivity contribution is 5.74. The normalized spacial score (nSPS) is 10.7. The fourth-order valence-corrected chi connectivity index (χ4v) is 4.40. The molecule has 0 bridgehead atoms. The minimum absolute atomic E-state index is 0.160. The number of methoxy groups -OCH3 is 3. The maximum atomic E-state index is 14.4. The van der Waals surface area contributed by atoms with Gasteiger partial charge in [-0.2, -0.15) is 9.97 Å². The first-order chi connectivity index (χ1) is 20.4. The van der Waals surface area contributed by atoms with Gasteiger partial charge in [-0.25, -0.2) is 14.4 Å². The summed E-state index contributed by atoms with van der Waals surface area (Å²) < 4.78 is 30.1. The molecule has 0 aliphatic rings. The molecule has 5 rings (SSSR count). The van der Waals surface area contributed by atoms with Gasteiger partial charge < -0.3 is 24.4 Å². The smallest absolute Gasteiger partial charge is 0.229 e. The maximum absolute atomic E-state index is 14.4. The molecule has 0 unspecified atom stereocenters. The molecule has 214 valence electrons. The first-order valence-electron chi connectivity index (χ1n) is 13.2. The third-order valence-corrected chi connectivity index (χ3v) is 6.55. The Hall–Kier alpha value is -5.25. The van der Waals surface area contributed by atoms with Gasteiger partial charge in [0.1, 0.15) is 23.1 Å². The zero-order valence-corrected chi connectivity index (χ0v) is 23.8. The van der Waals surface area contributed by atoms with Gasteiger partial charge in [-0.1, -0.05) is 24.3 Å². The van der Waals surface area contributed by atoms with Gasteiger partial charge in [0, 0.05) is 31.0 Å². The van der Waals surface area contributed by atoms with Crippen LogP contribution >= 0.6 is 0 Å². The SMILES string of the molecule is COc1ccc(CN(Cc2ccc(OC)cc2)c2nc(C)nc(-c3cccnc3Nc3ccc(OC)c(F)c3)n2)cc1. The van der Waals surface area contributed by atoms with Crippen LogP contribution in [0.3, 0.4) is 0 Å². The Kier molecular flexibility index (Phi) is 8.72. The maximum Gasteiger partial charge on any atom is 0.229 e. The largest absolute Gasteiger partial charge is 0.497 e. The van der Waals surface area contributed by atoms with Crippen LogP contribution in [0.2, 0.25) is 0 Å². The van der Waals surface area contributed by atoms with E-state index < -0.39 is 5.82 Å². The van der Waals surface area contributed by atoms with Crippen LogP contribution < -0.4 is 24.4 Å². The summed E-state index contributed by atoms with van der Waals surface area (Å²) in [5, 5.41) is 3.19. The van der Waals surface area contributed by atoms with Gasteiger partial charge in [0.2, 0.25) is 5.95 Å². The third kappa shape index (κ3) is 6.72. The van der Waals surface area contributed by atoms with Crippen LogP contribution in [0.1, 0.15) is 17.0 Å². The van der Waals surface area contributed by atoms with Gasteiger partial charge >= 0.3 is 0 Å². The van der Waals surface area contributed by atoms with Crippen LogP contribution in [0.15, 0.2) is 85.1 Å². The Morgan fingerprint density at radius 1 is 0.762 bits per heavy atom. The molecule has 0 amide bonds. The van der Waals surface area contributed by atoms with Crippen molar-refractivity contribution in [1.29, 1.82) is 0 Å². The van der Waals surface area contributed by atoms with Crippen LogP contribution in [-0.2, 0) is 13.1 Å². The fraction of sp³-hybridized carbons (Fsp3) is 0.188. The third-order valence-electron chi connectivity index (χ3n) is 6.55. The van der Waals surface area contributed by atoms with Crippen LogP contribution in [0, 0.1) is 12.7 Å². The lowest BCUT2D eigenvalue weighted by molar-refractivity contribution is 0.386. The highest BCUT2D eigenvalue weighted by Crippen LogP contribution is 2.30. The number of nitrogens with one attached hydrogen (secondary N) is 1. The molecule has 0 saturated carbocycles. The van der Waals surface area contributed by atoms with Gasteiger partial charge in [-0.15, -0.1) is 0 Å². The number of hydrogen-bond acceptors (Lipinski definition) is 9. The Bertz CT molecular complexity index is 1600. The number of aromatic nitrogens is 4. The molecule has 5 aromatic rings. The summed E-state index contributed by atoms with van der Waals surface area (Å²) in [7, 11) is 4.72. The summed E-state index contributed by atoms with van der Waals surface area (Å²) in [6.45, 7) is 2.92. The quantitative estimate of drug-likeness (QED) is 0.196. The van der Waals surface area contributed by atoms with E-state index in [0.717, 1.165) is 22.6 Å². The predicted molar refractivity (Wildman–Crippen MR) is 160 cm³/mol. The summed E-state index contributed by atoms with van der Waals surface area (Å²) in [5.74, 6) is 3.23. The lowest BCUT2D eigenvalue weighted by Crippen LogP contribution is -2.25. The van der Waals surface area contributed by atoms with E-state index in [1.807, 2.05) is 61.5 Å². The minimum Gasteiger partial charge on any atom is -0.497 e. The molecule has 1 N–H and O–H groups in total. The van der Waals surface area contributed by atoms with Gasteiger partial charge in [-0.3, -0.25) is 0 Å². The van der Waals surface area contributed by atoms with Crippen LogP contribution in [-0.4, -0.2) is 41.3 Å². The molecule has 3 aromatic carbocycles. The first-order valence-corrected chi connectivity index (χ1v) is 13.2. The molecule has 10 heteroatoms. The van der Waals surface area contributed by atoms with Crippen molar-refractivity contribution in [3.05, 3.63) is 108 Å². The van der Waals surface area contributed by atoms with Crippen molar-refractivity contribution in [2.24, 2.45) is 0 Å². The fourth-order valence-electron chi connectivity index (χ4n) is 4.40. The lowest BCUT2D eigenvalue weighted by Gasteiger charge is -2.24. The molecule has 2 heterocycles. The molecule has 0 spiro atoms. The van der Waals surface area contributed by atoms with Crippen molar-refractivity contribution in [2.45, 2.75) is 20.0 Å². The van der Waals surface area contributed by atoms with Gasteiger partial charge in [0.25, 0.3) is 0 Å². The number of halogens is 1. The summed E-state index contributed by atoms with van der Waals surface area (Å²) in [6.07, 6.45) is 1.65. The van der Waals surface area contributed by atoms with Crippen molar-refractivity contribution in [2.75, 3.05) is 31.5 Å². The number of benzene rings is 3. The van der Waals surface area contributed by atoms with E-state index in [1.54, 1.807) is 38.6 Å². The lowest BCUT2D eigenvalue weighted by atomic mass is 10.1. The van der Waals surface area contributed by atoms with Crippen LogP contribution in [0.25, 0.3) is 11.4 Å². The van der Waals surface area contributed by atoms with E-state index in [2.05, 4.69) is 20.2 Å². The number of pyridine rings is 1.